The number of carbonyl (C=O) groups excluding carboxylic acids is 3. The number of hydrogen-bond donors (Lipinski definition) is 8. The van der Waals surface area contributed by atoms with Gasteiger partial charge < -0.3 is 41.2 Å². The monoisotopic (exact) mass is 1300 g/mol. The van der Waals surface area contributed by atoms with E-state index in [1.54, 1.807) is 21.8 Å². The van der Waals surface area contributed by atoms with Gasteiger partial charge in [-0.1, -0.05) is 125 Å². The minimum absolute atomic E-state index is 0.148. The van der Waals surface area contributed by atoms with Crippen molar-refractivity contribution < 1.29 is 33.8 Å². The van der Waals surface area contributed by atoms with Gasteiger partial charge >= 0.3 is 18.0 Å². The fourth-order valence-electron chi connectivity index (χ4n) is 9.98. The predicted molar refractivity (Wildman–Crippen MR) is 375 cm³/mol. The molecule has 0 radical (unpaired) electrons. The van der Waals surface area contributed by atoms with Gasteiger partial charge in [0.1, 0.15) is 65.3 Å². The highest BCUT2D eigenvalue weighted by Crippen LogP contribution is 2.36. The van der Waals surface area contributed by atoms with E-state index in [2.05, 4.69) is 109 Å². The van der Waals surface area contributed by atoms with Crippen LogP contribution in [0.15, 0.2) is 195 Å². The molecule has 6 aromatic carbocycles. The van der Waals surface area contributed by atoms with Gasteiger partial charge in [-0.3, -0.25) is 15.4 Å². The minimum atomic E-state index is -1.15. The van der Waals surface area contributed by atoms with Crippen LogP contribution in [0.1, 0.15) is 96.2 Å². The Labute approximate surface area is 559 Å². The Morgan fingerprint density at radius 3 is 1.25 bits per heavy atom. The lowest BCUT2D eigenvalue weighted by Gasteiger charge is -2.15. The largest absolute Gasteiger partial charge is 0.488 e. The second-order valence-electron chi connectivity index (χ2n) is 24.7. The van der Waals surface area contributed by atoms with E-state index in [4.69, 9.17) is 24.8 Å². The van der Waals surface area contributed by atoms with Crippen LogP contribution in [0.5, 0.6) is 11.5 Å². The number of aromatic nitrogens is 10. The quantitative estimate of drug-likeness (QED) is 0.0396. The number of ether oxygens (including phenoxy) is 2. The van der Waals surface area contributed by atoms with Crippen molar-refractivity contribution in [3.05, 3.63) is 240 Å². The number of pyridine rings is 2. The number of fused-ring (bicyclic) bond motifs is 2. The van der Waals surface area contributed by atoms with E-state index in [0.717, 1.165) is 66.6 Å². The molecule has 0 unspecified atom stereocenters. The Kier molecular flexibility index (Phi) is 19.5. The average molecular weight is 1300 g/mol. The zero-order valence-electron chi connectivity index (χ0n) is 54.8. The van der Waals surface area contributed by atoms with E-state index >= 15 is 0 Å². The number of anilines is 8. The molecule has 12 aromatic rings. The topological polar surface area (TPSA) is 304 Å². The summed E-state index contributed by atoms with van der Waals surface area (Å²) in [6.07, 6.45) is 8.68. The number of carbonyl (C=O) groups is 4. The van der Waals surface area contributed by atoms with Crippen molar-refractivity contribution in [3.8, 4) is 22.9 Å². The molecule has 0 bridgehead atoms. The molecule has 6 aromatic heterocycles. The fraction of sp³-hybridized carbons (Fsp3) is 0.178. The van der Waals surface area contributed by atoms with Gasteiger partial charge in [0.15, 0.2) is 5.69 Å². The summed E-state index contributed by atoms with van der Waals surface area (Å²) in [4.78, 5) is 74.5. The van der Waals surface area contributed by atoms with Crippen molar-refractivity contribution in [2.75, 3.05) is 38.9 Å². The standard InChI is InChI=1S/C37H37N9O3.C36H34N8O4/c1-23-10-12-25(13-11-23)46-34(19-31(45-46)37(2,3)4)44-36(48)42-28-14-15-30(27-9-7-6-8-26(27)28)49-22-24-16-17-39-32(18-24)43-33-21-40-29(20-41-33)35(47)38-5;1-22-9-11-24(12-10-22)44-33(18-30(43-44)36(2,3)4)42-35(47)40-27-13-14-29(26-8-6-5-7-25(26)27)48-21-23-15-16-37-31(17-23)41-32-20-38-28(19-39-32)34(45)46/h6-21H,22H2,1-5H3,(H,38,47)(H,39,41,43)(H2,42,44,48);5-20H,21H2,1-4H3,(H,45,46)(H,37,39,41)(H2,40,42,47). The Bertz CT molecular complexity index is 4830. The lowest BCUT2D eigenvalue weighted by Crippen LogP contribution is -2.21. The molecule has 24 heteroatoms. The van der Waals surface area contributed by atoms with Crippen LogP contribution >= 0.6 is 0 Å². The summed E-state index contributed by atoms with van der Waals surface area (Å²) >= 11 is 0. The van der Waals surface area contributed by atoms with E-state index in [0.29, 0.717) is 57.8 Å². The van der Waals surface area contributed by atoms with Crippen LogP contribution < -0.4 is 46.7 Å². The van der Waals surface area contributed by atoms with Gasteiger partial charge in [0, 0.05) is 63.9 Å². The molecule has 490 valence electrons. The Balaban J connectivity index is 0.000000197. The normalized spacial score (nSPS) is 11.2. The molecule has 12 rings (SSSR count). The highest BCUT2D eigenvalue weighted by molar-refractivity contribution is 6.08. The number of hydrogen-bond acceptors (Lipinski definition) is 16. The van der Waals surface area contributed by atoms with Crippen molar-refractivity contribution in [2.45, 2.75) is 79.4 Å². The van der Waals surface area contributed by atoms with Crippen molar-refractivity contribution >= 4 is 91.8 Å². The highest BCUT2D eigenvalue weighted by Gasteiger charge is 2.24. The lowest BCUT2D eigenvalue weighted by atomic mass is 9.92. The van der Waals surface area contributed by atoms with Crippen molar-refractivity contribution in [1.82, 2.24) is 54.8 Å². The van der Waals surface area contributed by atoms with Crippen LogP contribution in [0, 0.1) is 13.8 Å². The highest BCUT2D eigenvalue weighted by atomic mass is 16.5. The molecule has 0 saturated heterocycles. The van der Waals surface area contributed by atoms with E-state index in [1.165, 1.54) is 31.8 Å². The summed E-state index contributed by atoms with van der Waals surface area (Å²) in [6, 6.07) is 49.1. The number of carboxylic acid groups (broad SMARTS) is 1. The second kappa shape index (κ2) is 28.7. The first-order valence-corrected chi connectivity index (χ1v) is 30.9. The molecule has 0 saturated carbocycles. The first-order chi connectivity index (χ1) is 46.6. The van der Waals surface area contributed by atoms with Gasteiger partial charge in [0.25, 0.3) is 5.91 Å². The summed E-state index contributed by atoms with van der Waals surface area (Å²) in [5.41, 5.74) is 8.30. The van der Waals surface area contributed by atoms with E-state index in [1.807, 2.05) is 172 Å². The van der Waals surface area contributed by atoms with Gasteiger partial charge in [-0.2, -0.15) is 10.2 Å². The average Bonchev–Trinajstić information content (AvgIpc) is 1.60. The zero-order valence-corrected chi connectivity index (χ0v) is 54.8. The molecule has 97 heavy (non-hydrogen) atoms. The summed E-state index contributed by atoms with van der Waals surface area (Å²) < 4.78 is 16.0. The van der Waals surface area contributed by atoms with E-state index < -0.39 is 18.0 Å². The molecule has 0 spiro atoms. The Hall–Kier alpha value is -12.6. The van der Waals surface area contributed by atoms with Gasteiger partial charge in [-0.15, -0.1) is 0 Å². The number of urea groups is 2. The van der Waals surface area contributed by atoms with Crippen LogP contribution in [0.25, 0.3) is 32.9 Å². The smallest absolute Gasteiger partial charge is 0.356 e. The first-order valence-electron chi connectivity index (χ1n) is 30.9. The number of benzene rings is 6. The first kappa shape index (κ1) is 65.9. The number of aromatic carboxylic acids is 1. The maximum absolute atomic E-state index is 13.4. The van der Waals surface area contributed by atoms with Crippen molar-refractivity contribution in [1.29, 1.82) is 0 Å². The summed E-state index contributed by atoms with van der Waals surface area (Å²) in [5.74, 6) is 2.83. The third kappa shape index (κ3) is 16.4. The zero-order chi connectivity index (χ0) is 68.4. The molecule has 0 fully saturated rings. The van der Waals surface area contributed by atoms with Gasteiger partial charge in [0.2, 0.25) is 0 Å². The number of rotatable bonds is 18. The van der Waals surface area contributed by atoms with Crippen LogP contribution in [-0.4, -0.2) is 85.6 Å². The lowest BCUT2D eigenvalue weighted by molar-refractivity contribution is 0.0689. The molecule has 0 aliphatic rings. The Morgan fingerprint density at radius 2 is 0.866 bits per heavy atom. The van der Waals surface area contributed by atoms with Crippen LogP contribution in [0.3, 0.4) is 0 Å². The summed E-state index contributed by atoms with van der Waals surface area (Å²) in [6.45, 7) is 17.1. The third-order valence-electron chi connectivity index (χ3n) is 15.2. The van der Waals surface area contributed by atoms with Crippen LogP contribution in [0.4, 0.5) is 55.9 Å². The molecule has 24 nitrogen and oxygen atoms in total. The molecule has 6 heterocycles. The van der Waals surface area contributed by atoms with Crippen LogP contribution in [-0.2, 0) is 24.0 Å². The second-order valence-corrected chi connectivity index (χ2v) is 24.7. The van der Waals surface area contributed by atoms with Gasteiger partial charge in [-0.05, 0) is 97.8 Å². The molecule has 8 N–H and O–H groups in total. The summed E-state index contributed by atoms with van der Waals surface area (Å²) in [7, 11) is 1.54. The number of nitrogens with one attached hydrogen (secondary N) is 7. The predicted octanol–water partition coefficient (Wildman–Crippen LogP) is 14.6. The minimum Gasteiger partial charge on any atom is -0.488 e. The number of nitrogens with zero attached hydrogens (tertiary/aromatic N) is 10. The molecule has 0 atom stereocenters. The number of amides is 5. The van der Waals surface area contributed by atoms with Crippen LogP contribution in [0.2, 0.25) is 0 Å². The maximum atomic E-state index is 13.4. The molecule has 5 amide bonds. The van der Waals surface area contributed by atoms with Gasteiger partial charge in [0.05, 0.1) is 58.9 Å². The summed E-state index contributed by atoms with van der Waals surface area (Å²) in [5, 5.41) is 42.6. The van der Waals surface area contributed by atoms with Crippen molar-refractivity contribution in [2.24, 2.45) is 0 Å². The maximum Gasteiger partial charge on any atom is 0.356 e. The number of carboxylic acids is 1. The van der Waals surface area contributed by atoms with Gasteiger partial charge in [-0.25, -0.2) is 53.7 Å². The Morgan fingerprint density at radius 1 is 0.454 bits per heavy atom. The molecular weight excluding hydrogens is 1230 g/mol. The fourth-order valence-corrected chi connectivity index (χ4v) is 9.98. The number of aryl methyl sites for hydroxylation is 2. The van der Waals surface area contributed by atoms with E-state index in [-0.39, 0.29) is 41.3 Å². The van der Waals surface area contributed by atoms with E-state index in [9.17, 15) is 19.2 Å². The molecule has 0 aliphatic heterocycles. The SMILES string of the molecule is CNC(=O)c1cnc(Nc2cc(COc3ccc(NC(=O)Nc4cc(C(C)(C)C)nn4-c4ccc(C)cc4)c4ccccc34)ccn2)cn1.Cc1ccc(-n2nc(C(C)(C)C)cc2NC(=O)Nc2ccc(OCc3ccnc(Nc4cnc(C(=O)O)cn4)c3)c3ccccc23)cc1. The third-order valence-corrected chi connectivity index (χ3v) is 15.2. The molecular formula is C73H71N17O7. The van der Waals surface area contributed by atoms with Crippen molar-refractivity contribution in [3.63, 3.8) is 0 Å². The molecule has 0 aliphatic carbocycles.